The van der Waals surface area contributed by atoms with Crippen LogP contribution in [0.5, 0.6) is 5.75 Å². The van der Waals surface area contributed by atoms with Gasteiger partial charge in [0.1, 0.15) is 5.75 Å². The highest BCUT2D eigenvalue weighted by molar-refractivity contribution is 5.69. The molecule has 7 heteroatoms. The molecule has 4 rings (SSSR count). The Labute approximate surface area is 176 Å². The Bertz CT molecular complexity index is 1020. The zero-order chi connectivity index (χ0) is 21.1. The lowest BCUT2D eigenvalue weighted by Gasteiger charge is -2.14. The third-order valence-electron chi connectivity index (χ3n) is 5.25. The highest BCUT2D eigenvalue weighted by atomic mass is 16.5. The number of rotatable bonds is 8. The molecule has 7 nitrogen and oxygen atoms in total. The molecular formula is C23H28N4O3. The Hall–Kier alpha value is -2.90. The molecule has 3 aromatic rings. The average Bonchev–Trinajstić information content (AvgIpc) is 3.37. The molecule has 0 unspecified atom stereocenters. The van der Waals surface area contributed by atoms with Crippen molar-refractivity contribution in [2.24, 2.45) is 0 Å². The predicted molar refractivity (Wildman–Crippen MR) is 116 cm³/mol. The van der Waals surface area contributed by atoms with Gasteiger partial charge in [0.25, 0.3) is 5.89 Å². The molecule has 1 aliphatic carbocycles. The van der Waals surface area contributed by atoms with Crippen LogP contribution in [0.3, 0.4) is 0 Å². The van der Waals surface area contributed by atoms with E-state index in [9.17, 15) is 0 Å². The van der Waals surface area contributed by atoms with Gasteiger partial charge in [0.15, 0.2) is 0 Å². The topological polar surface area (TPSA) is 95.4 Å². The van der Waals surface area contributed by atoms with Gasteiger partial charge in [-0.1, -0.05) is 23.4 Å². The highest BCUT2D eigenvalue weighted by Crippen LogP contribution is 2.37. The number of hydrogen-bond acceptors (Lipinski definition) is 7. The normalized spacial score (nSPS) is 15.5. The van der Waals surface area contributed by atoms with Crippen molar-refractivity contribution in [3.05, 3.63) is 47.5 Å². The van der Waals surface area contributed by atoms with Crippen molar-refractivity contribution in [1.29, 1.82) is 0 Å². The fourth-order valence-electron chi connectivity index (χ4n) is 3.90. The number of nitrogen functional groups attached to an aromatic ring is 1. The van der Waals surface area contributed by atoms with Gasteiger partial charge in [-0.2, -0.15) is 4.98 Å². The van der Waals surface area contributed by atoms with E-state index >= 15 is 0 Å². The molecule has 1 atom stereocenters. The van der Waals surface area contributed by atoms with Crippen LogP contribution < -0.4 is 15.8 Å². The first-order chi connectivity index (χ1) is 14.6. The van der Waals surface area contributed by atoms with Crippen LogP contribution in [0.1, 0.15) is 37.4 Å². The summed E-state index contributed by atoms with van der Waals surface area (Å²) in [4.78, 5) is 4.65. The van der Waals surface area contributed by atoms with Crippen LogP contribution in [-0.2, 0) is 11.2 Å². The zero-order valence-corrected chi connectivity index (χ0v) is 17.6. The Morgan fingerprint density at radius 3 is 2.90 bits per heavy atom. The van der Waals surface area contributed by atoms with E-state index in [1.807, 2.05) is 26.0 Å². The minimum Gasteiger partial charge on any atom is -0.489 e. The third-order valence-corrected chi connectivity index (χ3v) is 5.25. The van der Waals surface area contributed by atoms with Crippen molar-refractivity contribution >= 4 is 5.69 Å². The summed E-state index contributed by atoms with van der Waals surface area (Å²) in [6, 6.07) is 12.1. The quantitative estimate of drug-likeness (QED) is 0.430. The van der Waals surface area contributed by atoms with E-state index in [1.54, 1.807) is 13.2 Å². The first-order valence-electron chi connectivity index (χ1n) is 10.3. The molecule has 1 heterocycles. The van der Waals surface area contributed by atoms with Gasteiger partial charge in [0, 0.05) is 30.8 Å². The van der Waals surface area contributed by atoms with E-state index in [2.05, 4.69) is 33.7 Å². The standard InChI is InChI=1S/C23H28N4O3/c1-14(2)29-21-10-7-15(13-19(21)24)23-26-22(27-30-23)18-6-4-5-17-16(18)8-9-20(17)25-11-12-28-3/h4-7,10,13-14,20,25H,8-9,11-12,24H2,1-3H3/t20-/m0/s1. The van der Waals surface area contributed by atoms with Gasteiger partial charge in [0.05, 0.1) is 18.4 Å². The predicted octanol–water partition coefficient (Wildman–Crippen LogP) is 4.00. The summed E-state index contributed by atoms with van der Waals surface area (Å²) in [5, 5.41) is 7.80. The molecule has 0 saturated heterocycles. The van der Waals surface area contributed by atoms with E-state index in [4.69, 9.17) is 19.7 Å². The Balaban J connectivity index is 1.57. The van der Waals surface area contributed by atoms with Crippen LogP contribution in [0.15, 0.2) is 40.9 Å². The van der Waals surface area contributed by atoms with Crippen LogP contribution >= 0.6 is 0 Å². The molecule has 0 aliphatic heterocycles. The third kappa shape index (κ3) is 4.17. The molecule has 0 saturated carbocycles. The molecule has 158 valence electrons. The monoisotopic (exact) mass is 408 g/mol. The summed E-state index contributed by atoms with van der Waals surface area (Å²) < 4.78 is 16.4. The van der Waals surface area contributed by atoms with Gasteiger partial charge in [-0.3, -0.25) is 0 Å². The lowest BCUT2D eigenvalue weighted by Crippen LogP contribution is -2.23. The minimum absolute atomic E-state index is 0.0566. The molecule has 0 fully saturated rings. The molecular weight excluding hydrogens is 380 g/mol. The second-order valence-electron chi connectivity index (χ2n) is 7.75. The lowest BCUT2D eigenvalue weighted by atomic mass is 10.0. The number of benzene rings is 2. The summed E-state index contributed by atoms with van der Waals surface area (Å²) >= 11 is 0. The fourth-order valence-corrected chi connectivity index (χ4v) is 3.90. The number of ether oxygens (including phenoxy) is 2. The van der Waals surface area contributed by atoms with Crippen molar-refractivity contribution < 1.29 is 14.0 Å². The minimum atomic E-state index is 0.0566. The van der Waals surface area contributed by atoms with Crippen molar-refractivity contribution in [3.63, 3.8) is 0 Å². The Kier molecular flexibility index (Phi) is 6.01. The van der Waals surface area contributed by atoms with E-state index in [-0.39, 0.29) is 6.10 Å². The maximum atomic E-state index is 6.13. The van der Waals surface area contributed by atoms with E-state index in [0.717, 1.165) is 30.5 Å². The van der Waals surface area contributed by atoms with E-state index in [1.165, 1.54) is 11.1 Å². The summed E-state index contributed by atoms with van der Waals surface area (Å²) in [5.74, 6) is 1.69. The van der Waals surface area contributed by atoms with Crippen LogP contribution in [-0.4, -0.2) is 36.5 Å². The number of aromatic nitrogens is 2. The molecule has 0 amide bonds. The smallest absolute Gasteiger partial charge is 0.258 e. The van der Waals surface area contributed by atoms with Gasteiger partial charge < -0.3 is 25.0 Å². The number of fused-ring (bicyclic) bond motifs is 1. The zero-order valence-electron chi connectivity index (χ0n) is 17.6. The number of nitrogens with two attached hydrogens (primary N) is 1. The van der Waals surface area contributed by atoms with Crippen LogP contribution in [0.2, 0.25) is 0 Å². The fraction of sp³-hybridized carbons (Fsp3) is 0.391. The molecule has 0 bridgehead atoms. The van der Waals surface area contributed by atoms with Crippen molar-refractivity contribution in [2.45, 2.75) is 38.8 Å². The van der Waals surface area contributed by atoms with Gasteiger partial charge >= 0.3 is 0 Å². The summed E-state index contributed by atoms with van der Waals surface area (Å²) in [6.45, 7) is 5.46. The van der Waals surface area contributed by atoms with Gasteiger partial charge in [-0.05, 0) is 56.0 Å². The second kappa shape index (κ2) is 8.85. The average molecular weight is 409 g/mol. The van der Waals surface area contributed by atoms with Gasteiger partial charge in [0.2, 0.25) is 5.82 Å². The second-order valence-corrected chi connectivity index (χ2v) is 7.75. The highest BCUT2D eigenvalue weighted by Gasteiger charge is 2.26. The van der Waals surface area contributed by atoms with Crippen LogP contribution in [0.25, 0.3) is 22.8 Å². The van der Waals surface area contributed by atoms with Gasteiger partial charge in [-0.15, -0.1) is 0 Å². The molecule has 0 radical (unpaired) electrons. The maximum absolute atomic E-state index is 6.13. The Morgan fingerprint density at radius 2 is 2.13 bits per heavy atom. The molecule has 0 spiro atoms. The number of methoxy groups -OCH3 is 1. The summed E-state index contributed by atoms with van der Waals surface area (Å²) in [7, 11) is 1.72. The summed E-state index contributed by atoms with van der Waals surface area (Å²) in [5.41, 5.74) is 11.1. The van der Waals surface area contributed by atoms with E-state index < -0.39 is 0 Å². The number of nitrogens with zero attached hydrogens (tertiary/aromatic N) is 2. The largest absolute Gasteiger partial charge is 0.489 e. The van der Waals surface area contributed by atoms with Gasteiger partial charge in [-0.25, -0.2) is 0 Å². The molecule has 2 aromatic carbocycles. The number of hydrogen-bond donors (Lipinski definition) is 2. The lowest BCUT2D eigenvalue weighted by molar-refractivity contribution is 0.195. The maximum Gasteiger partial charge on any atom is 0.258 e. The van der Waals surface area contributed by atoms with Crippen molar-refractivity contribution in [1.82, 2.24) is 15.5 Å². The summed E-state index contributed by atoms with van der Waals surface area (Å²) in [6.07, 6.45) is 2.09. The SMILES string of the molecule is COCCN[C@H]1CCc2c(-c3noc(-c4ccc(OC(C)C)c(N)c4)n3)cccc21. The van der Waals surface area contributed by atoms with E-state index in [0.29, 0.717) is 35.8 Å². The Morgan fingerprint density at radius 1 is 1.27 bits per heavy atom. The first-order valence-corrected chi connectivity index (χ1v) is 10.3. The number of anilines is 1. The molecule has 3 N–H and O–H groups in total. The molecule has 1 aliphatic rings. The molecule has 1 aromatic heterocycles. The van der Waals surface area contributed by atoms with Crippen LogP contribution in [0, 0.1) is 0 Å². The number of nitrogens with one attached hydrogen (secondary N) is 1. The van der Waals surface area contributed by atoms with Crippen LogP contribution in [0.4, 0.5) is 5.69 Å². The van der Waals surface area contributed by atoms with Crippen molar-refractivity contribution in [3.8, 4) is 28.6 Å². The molecule has 30 heavy (non-hydrogen) atoms. The van der Waals surface area contributed by atoms with Crippen molar-refractivity contribution in [2.75, 3.05) is 26.0 Å². The first kappa shape index (κ1) is 20.4.